The van der Waals surface area contributed by atoms with Crippen LogP contribution in [0, 0.1) is 17.5 Å². The highest BCUT2D eigenvalue weighted by molar-refractivity contribution is 8.00. The fourth-order valence-corrected chi connectivity index (χ4v) is 3.43. The summed E-state index contributed by atoms with van der Waals surface area (Å²) in [6, 6.07) is 8.87. The van der Waals surface area contributed by atoms with Gasteiger partial charge in [0.25, 0.3) is 0 Å². The number of halogens is 3. The Labute approximate surface area is 123 Å². The van der Waals surface area contributed by atoms with Crippen LogP contribution in [0.5, 0.6) is 0 Å². The Morgan fingerprint density at radius 2 is 1.81 bits per heavy atom. The van der Waals surface area contributed by atoms with E-state index in [0.29, 0.717) is 5.56 Å². The van der Waals surface area contributed by atoms with Crippen molar-refractivity contribution >= 4 is 23.4 Å². The van der Waals surface area contributed by atoms with Crippen LogP contribution in [0.15, 0.2) is 42.5 Å². The Balaban J connectivity index is 2.04. The first-order valence-corrected chi connectivity index (χ1v) is 7.25. The third-order valence-corrected chi connectivity index (χ3v) is 4.38. The maximum Gasteiger partial charge on any atom is 0.238 e. The second kappa shape index (κ2) is 5.44. The Kier molecular flexibility index (Phi) is 3.63. The lowest BCUT2D eigenvalue weighted by atomic mass is 10.1. The smallest absolute Gasteiger partial charge is 0.238 e. The molecule has 1 heterocycles. The molecule has 1 atom stereocenters. The summed E-state index contributed by atoms with van der Waals surface area (Å²) in [6.45, 7) is 0. The second-order valence-corrected chi connectivity index (χ2v) is 5.65. The summed E-state index contributed by atoms with van der Waals surface area (Å²) in [5.41, 5.74) is 0.565. The fourth-order valence-electron chi connectivity index (χ4n) is 2.27. The van der Waals surface area contributed by atoms with Gasteiger partial charge in [0, 0.05) is 6.07 Å². The van der Waals surface area contributed by atoms with Crippen LogP contribution < -0.4 is 4.90 Å². The molecule has 0 N–H and O–H groups in total. The third-order valence-electron chi connectivity index (χ3n) is 3.17. The highest BCUT2D eigenvalue weighted by atomic mass is 32.2. The number of amides is 1. The molecule has 0 aromatic heterocycles. The summed E-state index contributed by atoms with van der Waals surface area (Å²) >= 11 is 1.28. The van der Waals surface area contributed by atoms with E-state index in [2.05, 4.69) is 0 Å². The molecule has 1 saturated heterocycles. The number of hydrogen-bond donors (Lipinski definition) is 0. The lowest BCUT2D eigenvalue weighted by Crippen LogP contribution is -2.28. The zero-order chi connectivity index (χ0) is 15.0. The third kappa shape index (κ3) is 2.63. The van der Waals surface area contributed by atoms with Gasteiger partial charge < -0.3 is 0 Å². The maximum absolute atomic E-state index is 13.9. The quantitative estimate of drug-likeness (QED) is 0.839. The van der Waals surface area contributed by atoms with Crippen LogP contribution in [-0.4, -0.2) is 11.7 Å². The molecule has 0 spiro atoms. The van der Waals surface area contributed by atoms with Crippen LogP contribution in [0.2, 0.25) is 0 Å². The highest BCUT2D eigenvalue weighted by Gasteiger charge is 2.35. The number of hydrogen-bond acceptors (Lipinski definition) is 2. The molecule has 108 valence electrons. The van der Waals surface area contributed by atoms with Gasteiger partial charge in [0.1, 0.15) is 22.8 Å². The van der Waals surface area contributed by atoms with Crippen LogP contribution in [0.25, 0.3) is 0 Å². The van der Waals surface area contributed by atoms with Crippen LogP contribution in [0.4, 0.5) is 18.9 Å². The minimum absolute atomic E-state index is 0.000612. The average Bonchev–Trinajstić information content (AvgIpc) is 2.81. The number of carbonyl (C=O) groups is 1. The first-order chi connectivity index (χ1) is 10.1. The molecule has 1 aliphatic rings. The molecule has 1 fully saturated rings. The van der Waals surface area contributed by atoms with Crippen molar-refractivity contribution in [2.24, 2.45) is 0 Å². The number of benzene rings is 2. The Morgan fingerprint density at radius 3 is 2.52 bits per heavy atom. The Bertz CT molecular complexity index is 707. The molecule has 0 saturated carbocycles. The van der Waals surface area contributed by atoms with Crippen molar-refractivity contribution in [2.45, 2.75) is 5.37 Å². The van der Waals surface area contributed by atoms with Crippen molar-refractivity contribution in [3.63, 3.8) is 0 Å². The largest absolute Gasteiger partial charge is 0.292 e. The SMILES string of the molecule is O=C1CS[C@H](c2cccc(F)c2)N1c1ccc(F)cc1F. The topological polar surface area (TPSA) is 20.3 Å². The summed E-state index contributed by atoms with van der Waals surface area (Å²) in [5, 5.41) is -0.520. The maximum atomic E-state index is 13.9. The molecule has 1 aliphatic heterocycles. The van der Waals surface area contributed by atoms with Crippen LogP contribution in [0.1, 0.15) is 10.9 Å². The zero-order valence-corrected chi connectivity index (χ0v) is 11.5. The van der Waals surface area contributed by atoms with Crippen molar-refractivity contribution in [2.75, 3.05) is 10.7 Å². The Hall–Kier alpha value is -1.95. The molecule has 1 amide bonds. The fraction of sp³-hybridized carbons (Fsp3) is 0.133. The van der Waals surface area contributed by atoms with Crippen LogP contribution in [-0.2, 0) is 4.79 Å². The number of rotatable bonds is 2. The molecule has 2 nitrogen and oxygen atoms in total. The molecule has 0 aliphatic carbocycles. The van der Waals surface area contributed by atoms with Crippen molar-refractivity contribution < 1.29 is 18.0 Å². The van der Waals surface area contributed by atoms with Gasteiger partial charge in [0.2, 0.25) is 5.91 Å². The molecular weight excluding hydrogens is 299 g/mol. The molecule has 21 heavy (non-hydrogen) atoms. The van der Waals surface area contributed by atoms with Gasteiger partial charge in [-0.25, -0.2) is 13.2 Å². The molecule has 0 bridgehead atoms. The molecule has 0 radical (unpaired) electrons. The van der Waals surface area contributed by atoms with Gasteiger partial charge >= 0.3 is 0 Å². The lowest BCUT2D eigenvalue weighted by molar-refractivity contribution is -0.115. The van der Waals surface area contributed by atoms with Gasteiger partial charge in [-0.15, -0.1) is 11.8 Å². The van der Waals surface area contributed by atoms with Gasteiger partial charge in [-0.1, -0.05) is 12.1 Å². The first kappa shape index (κ1) is 14.0. The second-order valence-electron chi connectivity index (χ2n) is 4.58. The van der Waals surface area contributed by atoms with Gasteiger partial charge in [-0.05, 0) is 29.8 Å². The van der Waals surface area contributed by atoms with Gasteiger partial charge in [0.05, 0.1) is 11.4 Å². The average molecular weight is 309 g/mol. The van der Waals surface area contributed by atoms with Crippen molar-refractivity contribution in [1.29, 1.82) is 0 Å². The van der Waals surface area contributed by atoms with E-state index in [1.165, 1.54) is 40.9 Å². The van der Waals surface area contributed by atoms with Crippen molar-refractivity contribution in [3.05, 3.63) is 65.5 Å². The lowest BCUT2D eigenvalue weighted by Gasteiger charge is -2.24. The normalized spacial score (nSPS) is 18.3. The van der Waals surface area contributed by atoms with E-state index in [-0.39, 0.29) is 17.3 Å². The first-order valence-electron chi connectivity index (χ1n) is 6.20. The van der Waals surface area contributed by atoms with E-state index in [0.717, 1.165) is 12.1 Å². The van der Waals surface area contributed by atoms with E-state index in [1.54, 1.807) is 6.07 Å². The predicted octanol–water partition coefficient (Wildman–Crippen LogP) is 3.88. The van der Waals surface area contributed by atoms with Crippen LogP contribution >= 0.6 is 11.8 Å². The number of thioether (sulfide) groups is 1. The predicted molar refractivity (Wildman–Crippen MR) is 75.4 cm³/mol. The minimum Gasteiger partial charge on any atom is -0.292 e. The van der Waals surface area contributed by atoms with E-state index in [4.69, 9.17) is 0 Å². The molecule has 6 heteroatoms. The Morgan fingerprint density at radius 1 is 1.05 bits per heavy atom. The molecule has 3 rings (SSSR count). The van der Waals surface area contributed by atoms with Gasteiger partial charge in [0.15, 0.2) is 0 Å². The monoisotopic (exact) mass is 309 g/mol. The highest BCUT2D eigenvalue weighted by Crippen LogP contribution is 2.42. The minimum atomic E-state index is -0.813. The molecule has 2 aromatic carbocycles. The molecular formula is C15H10F3NOS. The molecule has 0 unspecified atom stereocenters. The number of nitrogens with zero attached hydrogens (tertiary/aromatic N) is 1. The van der Waals surface area contributed by atoms with E-state index in [1.807, 2.05) is 0 Å². The standard InChI is InChI=1S/C15H10F3NOS/c16-10-3-1-2-9(6-10)15-19(14(20)8-21-15)13-5-4-11(17)7-12(13)18/h1-7,15H,8H2/t15-/m1/s1. The number of carbonyl (C=O) groups excluding carboxylic acids is 1. The number of anilines is 1. The summed E-state index contributed by atoms with van der Waals surface area (Å²) < 4.78 is 40.3. The zero-order valence-electron chi connectivity index (χ0n) is 10.7. The summed E-state index contributed by atoms with van der Waals surface area (Å²) in [5.74, 6) is -2.07. The summed E-state index contributed by atoms with van der Waals surface area (Å²) in [7, 11) is 0. The van der Waals surface area contributed by atoms with Gasteiger partial charge in [-0.3, -0.25) is 9.69 Å². The summed E-state index contributed by atoms with van der Waals surface area (Å²) in [6.07, 6.45) is 0. The van der Waals surface area contributed by atoms with Crippen molar-refractivity contribution in [1.82, 2.24) is 0 Å². The van der Waals surface area contributed by atoms with E-state index in [9.17, 15) is 18.0 Å². The van der Waals surface area contributed by atoms with Crippen molar-refractivity contribution in [3.8, 4) is 0 Å². The van der Waals surface area contributed by atoms with E-state index < -0.39 is 22.8 Å². The summed E-state index contributed by atoms with van der Waals surface area (Å²) in [4.78, 5) is 13.3. The van der Waals surface area contributed by atoms with E-state index >= 15 is 0 Å². The molecule has 2 aromatic rings. The van der Waals surface area contributed by atoms with Crippen LogP contribution in [0.3, 0.4) is 0 Å². The van der Waals surface area contributed by atoms with Gasteiger partial charge in [-0.2, -0.15) is 0 Å².